The van der Waals surface area contributed by atoms with Crippen molar-refractivity contribution >= 4 is 96.9 Å². The molecule has 0 amide bonds. The Hall–Kier alpha value is -8.39. The van der Waals surface area contributed by atoms with Crippen molar-refractivity contribution in [3.05, 3.63) is 206 Å². The molecule has 14 rings (SSSR count). The fraction of sp³-hybridized carbons (Fsp3) is 0. The number of thiophene rings is 1. The summed E-state index contributed by atoms with van der Waals surface area (Å²) in [6.07, 6.45) is 0. The molecule has 0 aliphatic rings. The standard InChI is InChI=1S/C57H34N6S/c1-2-17-35(18-3-1)55-58-56(44-26-16-25-42-41-23-9-15-32-52(41)64-54(42)44)60-57(59-55)63-49-31-14-8-24-43(49)53-50(62-47-29-12-6-21-39(47)40-22-7-13-30-48(40)62)33-36(34-51(53)63)61-45-27-10-4-19-37(45)38-20-5-11-28-46(38)61/h1-34H. The normalized spacial score (nSPS) is 12.1. The molecule has 0 saturated heterocycles. The smallest absolute Gasteiger partial charge is 0.238 e. The molecule has 0 aliphatic heterocycles. The lowest BCUT2D eigenvalue weighted by atomic mass is 10.1. The minimum atomic E-state index is 0.556. The van der Waals surface area contributed by atoms with E-state index in [0.29, 0.717) is 17.6 Å². The van der Waals surface area contributed by atoms with Crippen LogP contribution in [0, 0.1) is 0 Å². The SMILES string of the molecule is c1ccc(-c2nc(-c3cccc4c3sc3ccccc34)nc(-n3c4ccccc4c4c(-n5c6ccccc6c6ccccc65)cc(-n5c6ccccc6c6ccccc65)cc43)n2)cc1. The molecule has 14 aromatic rings. The predicted molar refractivity (Wildman–Crippen MR) is 267 cm³/mol. The van der Waals surface area contributed by atoms with Crippen LogP contribution in [-0.2, 0) is 0 Å². The molecule has 0 atom stereocenters. The van der Waals surface area contributed by atoms with Gasteiger partial charge in [0.15, 0.2) is 11.6 Å². The Kier molecular flexibility index (Phi) is 7.46. The van der Waals surface area contributed by atoms with Gasteiger partial charge >= 0.3 is 0 Å². The van der Waals surface area contributed by atoms with Gasteiger partial charge in [-0.3, -0.25) is 4.57 Å². The second kappa shape index (κ2) is 13.6. The number of fused-ring (bicyclic) bond motifs is 12. The molecule has 9 aromatic carbocycles. The molecular formula is C57H34N6S. The number of hydrogen-bond donors (Lipinski definition) is 0. The maximum absolute atomic E-state index is 5.51. The van der Waals surface area contributed by atoms with Crippen molar-refractivity contribution in [3.8, 4) is 40.1 Å². The first-order chi connectivity index (χ1) is 31.8. The van der Waals surface area contributed by atoms with Crippen molar-refractivity contribution in [1.29, 1.82) is 0 Å². The quantitative estimate of drug-likeness (QED) is 0.174. The van der Waals surface area contributed by atoms with E-state index in [1.165, 1.54) is 37.0 Å². The van der Waals surface area contributed by atoms with Crippen LogP contribution in [0.2, 0.25) is 0 Å². The van der Waals surface area contributed by atoms with Crippen LogP contribution in [0.5, 0.6) is 0 Å². The summed E-state index contributed by atoms with van der Waals surface area (Å²) in [6.45, 7) is 0. The molecule has 0 spiro atoms. The highest BCUT2D eigenvalue weighted by molar-refractivity contribution is 7.26. The van der Waals surface area contributed by atoms with E-state index in [1.807, 2.05) is 18.2 Å². The second-order valence-corrected chi connectivity index (χ2v) is 17.4. The van der Waals surface area contributed by atoms with Gasteiger partial charge in [-0.2, -0.15) is 9.97 Å². The van der Waals surface area contributed by atoms with Crippen molar-refractivity contribution in [2.45, 2.75) is 0 Å². The third kappa shape index (κ3) is 5.04. The summed E-state index contributed by atoms with van der Waals surface area (Å²) in [7, 11) is 0. The highest BCUT2D eigenvalue weighted by Gasteiger charge is 2.25. The molecule has 0 radical (unpaired) electrons. The Balaban J connectivity index is 1.15. The van der Waals surface area contributed by atoms with Gasteiger partial charge in [0.25, 0.3) is 0 Å². The first-order valence-electron chi connectivity index (χ1n) is 21.5. The Bertz CT molecular complexity index is 4100. The highest BCUT2D eigenvalue weighted by Crippen LogP contribution is 2.44. The summed E-state index contributed by atoms with van der Waals surface area (Å²) in [5.41, 5.74) is 10.6. The van der Waals surface area contributed by atoms with E-state index in [0.717, 1.165) is 71.1 Å². The fourth-order valence-corrected chi connectivity index (χ4v) is 11.4. The topological polar surface area (TPSA) is 53.5 Å². The maximum atomic E-state index is 5.51. The number of hydrogen-bond acceptors (Lipinski definition) is 4. The monoisotopic (exact) mass is 834 g/mol. The number of benzene rings is 9. The van der Waals surface area contributed by atoms with Crippen LogP contribution < -0.4 is 0 Å². The van der Waals surface area contributed by atoms with Crippen LogP contribution in [0.1, 0.15) is 0 Å². The summed E-state index contributed by atoms with van der Waals surface area (Å²) < 4.78 is 9.53. The molecule has 0 bridgehead atoms. The van der Waals surface area contributed by atoms with Crippen LogP contribution in [-0.4, -0.2) is 28.7 Å². The van der Waals surface area contributed by atoms with Crippen LogP contribution in [0.4, 0.5) is 0 Å². The fourth-order valence-electron chi connectivity index (χ4n) is 10.2. The van der Waals surface area contributed by atoms with E-state index >= 15 is 0 Å². The molecule has 0 saturated carbocycles. The predicted octanol–water partition coefficient (Wildman–Crippen LogP) is 14.9. The number of rotatable bonds is 5. The zero-order valence-corrected chi connectivity index (χ0v) is 35.0. The maximum Gasteiger partial charge on any atom is 0.238 e. The zero-order valence-electron chi connectivity index (χ0n) is 34.2. The zero-order chi connectivity index (χ0) is 41.9. The van der Waals surface area contributed by atoms with Gasteiger partial charge in [-0.15, -0.1) is 11.3 Å². The lowest BCUT2D eigenvalue weighted by Crippen LogP contribution is -2.07. The number of nitrogens with zero attached hydrogens (tertiary/aromatic N) is 6. The first-order valence-corrected chi connectivity index (χ1v) is 22.4. The van der Waals surface area contributed by atoms with Crippen LogP contribution in [0.25, 0.3) is 126 Å². The number of aromatic nitrogens is 6. The average Bonchev–Trinajstić information content (AvgIpc) is 4.10. The summed E-state index contributed by atoms with van der Waals surface area (Å²) in [6, 6.07) is 73.7. The van der Waals surface area contributed by atoms with E-state index in [9.17, 15) is 0 Å². The van der Waals surface area contributed by atoms with E-state index < -0.39 is 0 Å². The van der Waals surface area contributed by atoms with Gasteiger partial charge in [-0.25, -0.2) is 4.98 Å². The number of para-hydroxylation sites is 5. The van der Waals surface area contributed by atoms with E-state index in [1.54, 1.807) is 11.3 Å². The molecule has 64 heavy (non-hydrogen) atoms. The van der Waals surface area contributed by atoms with E-state index in [4.69, 9.17) is 15.0 Å². The molecule has 0 fully saturated rings. The lowest BCUT2D eigenvalue weighted by Gasteiger charge is -2.16. The van der Waals surface area contributed by atoms with Crippen molar-refractivity contribution in [1.82, 2.24) is 28.7 Å². The third-order valence-electron chi connectivity index (χ3n) is 12.9. The van der Waals surface area contributed by atoms with Gasteiger partial charge in [-0.1, -0.05) is 152 Å². The molecule has 0 aliphatic carbocycles. The molecule has 5 heterocycles. The van der Waals surface area contributed by atoms with Gasteiger partial charge in [-0.05, 0) is 54.6 Å². The highest BCUT2D eigenvalue weighted by atomic mass is 32.1. The van der Waals surface area contributed by atoms with Gasteiger partial charge < -0.3 is 9.13 Å². The minimum Gasteiger partial charge on any atom is -0.309 e. The largest absolute Gasteiger partial charge is 0.309 e. The Morgan fingerprint density at radius 3 is 1.48 bits per heavy atom. The van der Waals surface area contributed by atoms with Crippen LogP contribution in [0.15, 0.2) is 206 Å². The molecule has 7 heteroatoms. The summed E-state index contributed by atoms with van der Waals surface area (Å²) in [4.78, 5) is 16.2. The van der Waals surface area contributed by atoms with Gasteiger partial charge in [0.05, 0.1) is 44.5 Å². The molecular weight excluding hydrogens is 801 g/mol. The summed E-state index contributed by atoms with van der Waals surface area (Å²) in [5, 5.41) is 9.50. The Labute approximate surface area is 370 Å². The van der Waals surface area contributed by atoms with Crippen molar-refractivity contribution < 1.29 is 0 Å². The van der Waals surface area contributed by atoms with E-state index in [2.05, 4.69) is 202 Å². The molecule has 6 nitrogen and oxygen atoms in total. The molecule has 5 aromatic heterocycles. The van der Waals surface area contributed by atoms with E-state index in [-0.39, 0.29) is 0 Å². The summed E-state index contributed by atoms with van der Waals surface area (Å²) >= 11 is 1.78. The van der Waals surface area contributed by atoms with Crippen LogP contribution >= 0.6 is 11.3 Å². The third-order valence-corrected chi connectivity index (χ3v) is 14.1. The van der Waals surface area contributed by atoms with Crippen molar-refractivity contribution in [3.63, 3.8) is 0 Å². The molecule has 0 N–H and O–H groups in total. The van der Waals surface area contributed by atoms with Gasteiger partial charge in [0.1, 0.15) is 0 Å². The van der Waals surface area contributed by atoms with Crippen LogP contribution in [0.3, 0.4) is 0 Å². The first kappa shape index (κ1) is 35.2. The lowest BCUT2D eigenvalue weighted by molar-refractivity contribution is 0.953. The van der Waals surface area contributed by atoms with Gasteiger partial charge in [0, 0.05) is 63.6 Å². The van der Waals surface area contributed by atoms with Crippen molar-refractivity contribution in [2.75, 3.05) is 0 Å². The molecule has 298 valence electrons. The molecule has 0 unspecified atom stereocenters. The average molecular weight is 835 g/mol. The van der Waals surface area contributed by atoms with Crippen molar-refractivity contribution in [2.24, 2.45) is 0 Å². The Morgan fingerprint density at radius 1 is 0.344 bits per heavy atom. The Morgan fingerprint density at radius 2 is 0.844 bits per heavy atom. The second-order valence-electron chi connectivity index (χ2n) is 16.4. The summed E-state index contributed by atoms with van der Waals surface area (Å²) in [5.74, 6) is 1.81. The minimum absolute atomic E-state index is 0.556. The van der Waals surface area contributed by atoms with Gasteiger partial charge in [0.2, 0.25) is 5.95 Å².